The fourth-order valence-electron chi connectivity index (χ4n) is 2.31. The summed E-state index contributed by atoms with van der Waals surface area (Å²) in [6, 6.07) is 3.96. The first-order valence-corrected chi connectivity index (χ1v) is 7.51. The van der Waals surface area contributed by atoms with Crippen molar-refractivity contribution >= 4 is 22.2 Å². The van der Waals surface area contributed by atoms with Crippen LogP contribution >= 0.6 is 11.3 Å². The molecule has 0 saturated carbocycles. The lowest BCUT2D eigenvalue weighted by Crippen LogP contribution is -2.41. The molecule has 0 bridgehead atoms. The molecule has 3 rings (SSSR count). The van der Waals surface area contributed by atoms with Gasteiger partial charge >= 0.3 is 0 Å². The second-order valence-corrected chi connectivity index (χ2v) is 5.71. The number of rotatable bonds is 4. The van der Waals surface area contributed by atoms with Gasteiger partial charge in [0.2, 0.25) is 5.91 Å². The third-order valence-corrected chi connectivity index (χ3v) is 4.23. The van der Waals surface area contributed by atoms with Gasteiger partial charge in [-0.2, -0.15) is 10.4 Å². The van der Waals surface area contributed by atoms with E-state index in [1.165, 1.54) is 11.3 Å². The Labute approximate surface area is 125 Å². The summed E-state index contributed by atoms with van der Waals surface area (Å²) in [5, 5.41) is 21.4. The Kier molecular flexibility index (Phi) is 3.94. The van der Waals surface area contributed by atoms with Crippen molar-refractivity contribution in [3.8, 4) is 6.07 Å². The quantitative estimate of drug-likeness (QED) is 0.869. The molecule has 108 valence electrons. The van der Waals surface area contributed by atoms with E-state index < -0.39 is 0 Å². The van der Waals surface area contributed by atoms with E-state index in [1.54, 1.807) is 17.8 Å². The third kappa shape index (κ3) is 3.09. The zero-order valence-electron chi connectivity index (χ0n) is 11.2. The predicted octanol–water partition coefficient (Wildman–Crippen LogP) is 0.754. The van der Waals surface area contributed by atoms with Gasteiger partial charge in [-0.3, -0.25) is 4.79 Å². The molecule has 1 aliphatic heterocycles. The van der Waals surface area contributed by atoms with Gasteiger partial charge in [-0.25, -0.2) is 9.67 Å². The molecule has 1 amide bonds. The van der Waals surface area contributed by atoms with Crippen molar-refractivity contribution in [1.29, 1.82) is 5.26 Å². The topological polar surface area (TPSA) is 95.6 Å². The lowest BCUT2D eigenvalue weighted by molar-refractivity contribution is -0.115. The highest BCUT2D eigenvalue weighted by atomic mass is 32.1. The van der Waals surface area contributed by atoms with Gasteiger partial charge in [-0.1, -0.05) is 0 Å². The average Bonchev–Trinajstić information content (AvgIpc) is 3.12. The van der Waals surface area contributed by atoms with E-state index in [0.717, 1.165) is 25.2 Å². The number of carbonyl (C=O) groups is 1. The number of amides is 1. The van der Waals surface area contributed by atoms with Crippen LogP contribution in [0.2, 0.25) is 0 Å². The van der Waals surface area contributed by atoms with Crippen LogP contribution < -0.4 is 10.6 Å². The van der Waals surface area contributed by atoms with Crippen molar-refractivity contribution in [3.63, 3.8) is 0 Å². The number of fused-ring (bicyclic) bond motifs is 1. The van der Waals surface area contributed by atoms with Crippen molar-refractivity contribution in [2.45, 2.75) is 25.4 Å². The predicted molar refractivity (Wildman–Crippen MR) is 77.8 cm³/mol. The average molecular weight is 302 g/mol. The highest BCUT2D eigenvalue weighted by Crippen LogP contribution is 2.21. The molecule has 0 fully saturated rings. The lowest BCUT2D eigenvalue weighted by atomic mass is 10.1. The van der Waals surface area contributed by atoms with Gasteiger partial charge in [-0.15, -0.1) is 11.3 Å². The minimum absolute atomic E-state index is 0.140. The van der Waals surface area contributed by atoms with Crippen molar-refractivity contribution in [2.75, 3.05) is 11.9 Å². The number of aromatic nitrogens is 3. The molecular weight excluding hydrogens is 288 g/mol. The van der Waals surface area contributed by atoms with E-state index in [1.807, 2.05) is 4.68 Å². The maximum Gasteiger partial charge on any atom is 0.238 e. The van der Waals surface area contributed by atoms with E-state index in [9.17, 15) is 4.79 Å². The fourth-order valence-corrected chi connectivity index (χ4v) is 3.06. The molecule has 0 spiro atoms. The van der Waals surface area contributed by atoms with E-state index >= 15 is 0 Å². The Morgan fingerprint density at radius 2 is 2.52 bits per heavy atom. The number of nitriles is 1. The number of thiophene rings is 1. The summed E-state index contributed by atoms with van der Waals surface area (Å²) in [4.78, 5) is 16.1. The van der Waals surface area contributed by atoms with Gasteiger partial charge in [0, 0.05) is 12.5 Å². The normalized spacial score (nSPS) is 17.0. The van der Waals surface area contributed by atoms with Crippen LogP contribution in [-0.2, 0) is 17.8 Å². The van der Waals surface area contributed by atoms with E-state index in [0.29, 0.717) is 10.6 Å². The minimum atomic E-state index is -0.140. The molecule has 2 N–H and O–H groups in total. The molecule has 0 saturated heterocycles. The van der Waals surface area contributed by atoms with E-state index in [-0.39, 0.29) is 18.5 Å². The molecule has 8 heteroatoms. The monoisotopic (exact) mass is 302 g/mol. The molecular formula is C13H14N6OS. The third-order valence-electron chi connectivity index (χ3n) is 3.40. The summed E-state index contributed by atoms with van der Waals surface area (Å²) in [6.45, 7) is 0.947. The molecule has 0 aromatic carbocycles. The van der Waals surface area contributed by atoms with Crippen molar-refractivity contribution < 1.29 is 4.79 Å². The summed E-state index contributed by atoms with van der Waals surface area (Å²) in [6.07, 6.45) is 3.36. The smallest absolute Gasteiger partial charge is 0.238 e. The highest BCUT2D eigenvalue weighted by molar-refractivity contribution is 7.14. The molecule has 7 nitrogen and oxygen atoms in total. The second-order valence-electron chi connectivity index (χ2n) is 4.80. The zero-order chi connectivity index (χ0) is 14.7. The fraction of sp³-hybridized carbons (Fsp3) is 0.385. The van der Waals surface area contributed by atoms with Crippen molar-refractivity contribution in [1.82, 2.24) is 20.1 Å². The van der Waals surface area contributed by atoms with Gasteiger partial charge in [-0.05, 0) is 17.9 Å². The Morgan fingerprint density at radius 1 is 1.62 bits per heavy atom. The summed E-state index contributed by atoms with van der Waals surface area (Å²) in [7, 11) is 0. The van der Waals surface area contributed by atoms with Crippen LogP contribution in [-0.4, -0.2) is 33.3 Å². The Morgan fingerprint density at radius 3 is 3.38 bits per heavy atom. The van der Waals surface area contributed by atoms with Crippen LogP contribution in [0.4, 0.5) is 5.00 Å². The van der Waals surface area contributed by atoms with Gasteiger partial charge in [0.05, 0.1) is 18.7 Å². The van der Waals surface area contributed by atoms with Crippen LogP contribution in [0, 0.1) is 11.3 Å². The standard InChI is InChI=1S/C13H14N6OS/c14-5-9-3-4-21-13(9)18-12(20)6-15-10-1-2-11-16-8-17-19(11)7-10/h3-4,8,10,15H,1-2,6-7H2,(H,18,20)/t10-/m0/s1. The van der Waals surface area contributed by atoms with Crippen LogP contribution in [0.25, 0.3) is 0 Å². The summed E-state index contributed by atoms with van der Waals surface area (Å²) in [5.74, 6) is 0.855. The largest absolute Gasteiger partial charge is 0.315 e. The SMILES string of the molecule is N#Cc1ccsc1NC(=O)CN[C@H]1CCc2ncnn2C1. The molecule has 21 heavy (non-hydrogen) atoms. The maximum absolute atomic E-state index is 11.9. The van der Waals surface area contributed by atoms with Crippen molar-refractivity contribution in [3.05, 3.63) is 29.2 Å². The van der Waals surface area contributed by atoms with Crippen LogP contribution in [0.3, 0.4) is 0 Å². The van der Waals surface area contributed by atoms with Gasteiger partial charge in [0.1, 0.15) is 23.2 Å². The van der Waals surface area contributed by atoms with Crippen LogP contribution in [0.1, 0.15) is 17.8 Å². The van der Waals surface area contributed by atoms with Crippen LogP contribution in [0.15, 0.2) is 17.8 Å². The molecule has 0 aliphatic carbocycles. The number of hydrogen-bond donors (Lipinski definition) is 2. The molecule has 1 aliphatic rings. The number of anilines is 1. The molecule has 0 radical (unpaired) electrons. The van der Waals surface area contributed by atoms with Gasteiger partial charge < -0.3 is 10.6 Å². The molecule has 1 atom stereocenters. The number of nitrogens with zero attached hydrogens (tertiary/aromatic N) is 4. The van der Waals surface area contributed by atoms with Gasteiger partial charge in [0.15, 0.2) is 0 Å². The molecule has 3 heterocycles. The van der Waals surface area contributed by atoms with E-state index in [4.69, 9.17) is 5.26 Å². The number of nitrogens with one attached hydrogen (secondary N) is 2. The van der Waals surface area contributed by atoms with Crippen LogP contribution in [0.5, 0.6) is 0 Å². The first-order valence-electron chi connectivity index (χ1n) is 6.64. The number of aryl methyl sites for hydroxylation is 1. The molecule has 2 aromatic rings. The van der Waals surface area contributed by atoms with Gasteiger partial charge in [0.25, 0.3) is 0 Å². The number of hydrogen-bond acceptors (Lipinski definition) is 6. The summed E-state index contributed by atoms with van der Waals surface area (Å²) < 4.78 is 1.87. The second kappa shape index (κ2) is 6.03. The Hall–Kier alpha value is -2.24. The summed E-state index contributed by atoms with van der Waals surface area (Å²) in [5.41, 5.74) is 0.498. The zero-order valence-corrected chi connectivity index (χ0v) is 12.1. The number of carbonyl (C=O) groups excluding carboxylic acids is 1. The van der Waals surface area contributed by atoms with E-state index in [2.05, 4.69) is 26.8 Å². The lowest BCUT2D eigenvalue weighted by Gasteiger charge is -2.23. The summed E-state index contributed by atoms with van der Waals surface area (Å²) >= 11 is 1.35. The maximum atomic E-state index is 11.9. The molecule has 2 aromatic heterocycles. The Bertz CT molecular complexity index is 685. The first kappa shape index (κ1) is 13.7. The minimum Gasteiger partial charge on any atom is -0.315 e. The highest BCUT2D eigenvalue weighted by Gasteiger charge is 2.20. The van der Waals surface area contributed by atoms with Crippen molar-refractivity contribution in [2.24, 2.45) is 0 Å². The first-order chi connectivity index (χ1) is 10.3. The molecule has 0 unspecified atom stereocenters. The Balaban J connectivity index is 1.50.